The van der Waals surface area contributed by atoms with Crippen LogP contribution in [-0.2, 0) is 20.7 Å². The summed E-state index contributed by atoms with van der Waals surface area (Å²) in [6, 6.07) is 6.41. The Kier molecular flexibility index (Phi) is 6.62. The Bertz CT molecular complexity index is 1160. The molecule has 0 bridgehead atoms. The second kappa shape index (κ2) is 9.45. The van der Waals surface area contributed by atoms with Crippen LogP contribution >= 0.6 is 11.3 Å². The van der Waals surface area contributed by atoms with E-state index < -0.39 is 17.2 Å². The summed E-state index contributed by atoms with van der Waals surface area (Å²) < 4.78 is 11.1. The van der Waals surface area contributed by atoms with Crippen LogP contribution in [0, 0.1) is 30.1 Å². The van der Waals surface area contributed by atoms with E-state index in [2.05, 4.69) is 29.4 Å². The first kappa shape index (κ1) is 25.2. The number of aromatic nitrogens is 1. The second-order valence-electron chi connectivity index (χ2n) is 11.1. The van der Waals surface area contributed by atoms with Crippen molar-refractivity contribution in [2.75, 3.05) is 12.4 Å². The number of anilines is 1. The van der Waals surface area contributed by atoms with Gasteiger partial charge < -0.3 is 19.9 Å². The molecule has 2 saturated carbocycles. The molecule has 3 aliphatic rings. The molecule has 1 amide bonds. The SMILES string of the molecule is COc1ccc2c(c1)CCC1C2CC[C@@]2(C)C1[C@H](CCC(=O)Nc1ncc(C)s1)C[C@]2(O)OC(C)=O. The zero-order valence-corrected chi connectivity index (χ0v) is 22.3. The number of thiazole rings is 1. The first-order valence-corrected chi connectivity index (χ1v) is 13.8. The van der Waals surface area contributed by atoms with Gasteiger partial charge >= 0.3 is 5.97 Å². The number of carbonyl (C=O) groups excluding carboxylic acids is 2. The number of methoxy groups -OCH3 is 1. The minimum atomic E-state index is -1.51. The molecule has 1 aromatic carbocycles. The topological polar surface area (TPSA) is 97.8 Å². The van der Waals surface area contributed by atoms with E-state index in [1.807, 2.05) is 13.0 Å². The van der Waals surface area contributed by atoms with E-state index in [1.54, 1.807) is 13.3 Å². The largest absolute Gasteiger partial charge is 0.497 e. The van der Waals surface area contributed by atoms with Crippen molar-refractivity contribution in [2.45, 2.75) is 77.4 Å². The number of amides is 1. The smallest absolute Gasteiger partial charge is 0.305 e. The fourth-order valence-electron chi connectivity index (χ4n) is 7.56. The molecule has 3 aliphatic carbocycles. The predicted molar refractivity (Wildman–Crippen MR) is 138 cm³/mol. The Morgan fingerprint density at radius 1 is 1.31 bits per heavy atom. The number of aryl methyl sites for hydroxylation is 2. The van der Waals surface area contributed by atoms with Gasteiger partial charge in [-0.1, -0.05) is 13.0 Å². The van der Waals surface area contributed by atoms with Crippen LogP contribution in [0.5, 0.6) is 5.75 Å². The zero-order chi connectivity index (χ0) is 25.7. The van der Waals surface area contributed by atoms with Crippen LogP contribution in [0.2, 0.25) is 0 Å². The highest BCUT2D eigenvalue weighted by atomic mass is 32.1. The molecule has 6 atom stereocenters. The van der Waals surface area contributed by atoms with Crippen molar-refractivity contribution in [3.8, 4) is 5.75 Å². The molecule has 1 aromatic heterocycles. The van der Waals surface area contributed by atoms with Gasteiger partial charge in [-0.15, -0.1) is 11.3 Å². The first-order valence-electron chi connectivity index (χ1n) is 12.9. The van der Waals surface area contributed by atoms with Crippen LogP contribution in [-0.4, -0.2) is 34.9 Å². The molecule has 2 aromatic rings. The Hall–Kier alpha value is -2.45. The highest BCUT2D eigenvalue weighted by Gasteiger charge is 2.67. The van der Waals surface area contributed by atoms with Gasteiger partial charge in [0.15, 0.2) is 5.13 Å². The van der Waals surface area contributed by atoms with Gasteiger partial charge in [-0.3, -0.25) is 9.59 Å². The summed E-state index contributed by atoms with van der Waals surface area (Å²) in [6.45, 7) is 5.42. The monoisotopic (exact) mass is 512 g/mol. The molecule has 36 heavy (non-hydrogen) atoms. The lowest BCUT2D eigenvalue weighted by molar-refractivity contribution is -0.259. The summed E-state index contributed by atoms with van der Waals surface area (Å²) >= 11 is 1.46. The molecule has 0 radical (unpaired) electrons. The van der Waals surface area contributed by atoms with Crippen LogP contribution < -0.4 is 10.1 Å². The highest BCUT2D eigenvalue weighted by Crippen LogP contribution is 2.67. The molecule has 0 aliphatic heterocycles. The Balaban J connectivity index is 1.40. The van der Waals surface area contributed by atoms with Crippen molar-refractivity contribution >= 4 is 28.3 Å². The van der Waals surface area contributed by atoms with E-state index in [-0.39, 0.29) is 17.7 Å². The third-order valence-corrected chi connectivity index (χ3v) is 9.87. The predicted octanol–water partition coefficient (Wildman–Crippen LogP) is 5.21. The molecular formula is C28H36N2O5S. The van der Waals surface area contributed by atoms with Gasteiger partial charge in [0.05, 0.1) is 7.11 Å². The number of nitrogens with one attached hydrogen (secondary N) is 1. The normalized spacial score (nSPS) is 32.7. The number of carbonyl (C=O) groups is 2. The van der Waals surface area contributed by atoms with Crippen LogP contribution in [0.3, 0.4) is 0 Å². The van der Waals surface area contributed by atoms with Crippen molar-refractivity contribution in [1.29, 1.82) is 0 Å². The van der Waals surface area contributed by atoms with Crippen molar-refractivity contribution in [3.63, 3.8) is 0 Å². The molecular weight excluding hydrogens is 476 g/mol. The maximum Gasteiger partial charge on any atom is 0.305 e. The lowest BCUT2D eigenvalue weighted by Crippen LogP contribution is -2.53. The van der Waals surface area contributed by atoms with Gasteiger partial charge in [-0.2, -0.15) is 0 Å². The summed E-state index contributed by atoms with van der Waals surface area (Å²) in [4.78, 5) is 30.1. The number of esters is 1. The lowest BCUT2D eigenvalue weighted by atomic mass is 9.53. The molecule has 194 valence electrons. The third-order valence-electron chi connectivity index (χ3n) is 9.05. The van der Waals surface area contributed by atoms with E-state index in [1.165, 1.54) is 29.4 Å². The van der Waals surface area contributed by atoms with Crippen molar-refractivity contribution in [2.24, 2.45) is 23.2 Å². The van der Waals surface area contributed by atoms with Gasteiger partial charge in [0.2, 0.25) is 11.7 Å². The first-order chi connectivity index (χ1) is 17.1. The lowest BCUT2D eigenvalue weighted by Gasteiger charge is -2.53. The molecule has 8 heteroatoms. The number of fused-ring (bicyclic) bond motifs is 5. The molecule has 7 nitrogen and oxygen atoms in total. The van der Waals surface area contributed by atoms with Gasteiger partial charge in [0.1, 0.15) is 5.75 Å². The van der Waals surface area contributed by atoms with E-state index in [4.69, 9.17) is 9.47 Å². The van der Waals surface area contributed by atoms with Gasteiger partial charge in [-0.05, 0) is 86.0 Å². The number of ether oxygens (including phenoxy) is 2. The summed E-state index contributed by atoms with van der Waals surface area (Å²) in [5.74, 6) is -0.155. The number of benzene rings is 1. The number of nitrogens with zero attached hydrogens (tertiary/aromatic N) is 1. The second-order valence-corrected chi connectivity index (χ2v) is 12.3. The average molecular weight is 513 g/mol. The minimum Gasteiger partial charge on any atom is -0.497 e. The molecule has 3 unspecified atom stereocenters. The van der Waals surface area contributed by atoms with Crippen molar-refractivity contribution in [1.82, 2.24) is 4.98 Å². The standard InChI is InChI=1S/C28H36N2O5S/c1-16-15-29-26(36-16)30-24(32)10-6-19-14-28(33,35-17(2)31)27(3)12-11-22-21-9-7-20(34-4)13-18(21)5-8-23(22)25(19)27/h7,9,13,15,19,22-23,25,33H,5-6,8,10-12,14H2,1-4H3,(H,29,30,32)/t19-,22?,23?,25?,27+,28+/m1/s1. The molecule has 2 N–H and O–H groups in total. The van der Waals surface area contributed by atoms with Crippen LogP contribution in [0.25, 0.3) is 0 Å². The van der Waals surface area contributed by atoms with E-state index >= 15 is 0 Å². The fraction of sp³-hybridized carbons (Fsp3) is 0.607. The van der Waals surface area contributed by atoms with Gasteiger partial charge in [-0.25, -0.2) is 4.98 Å². The van der Waals surface area contributed by atoms with Gasteiger partial charge in [0.25, 0.3) is 0 Å². The van der Waals surface area contributed by atoms with Crippen LogP contribution in [0.4, 0.5) is 5.13 Å². The maximum absolute atomic E-state index is 12.8. The van der Waals surface area contributed by atoms with E-state index in [0.29, 0.717) is 36.2 Å². The van der Waals surface area contributed by atoms with E-state index in [9.17, 15) is 14.7 Å². The minimum absolute atomic E-state index is 0.0672. The third kappa shape index (κ3) is 4.32. The molecule has 1 heterocycles. The molecule has 2 fully saturated rings. The molecule has 0 saturated heterocycles. The van der Waals surface area contributed by atoms with Crippen molar-refractivity contribution < 1.29 is 24.2 Å². The number of rotatable bonds is 6. The summed E-state index contributed by atoms with van der Waals surface area (Å²) in [7, 11) is 1.70. The summed E-state index contributed by atoms with van der Waals surface area (Å²) in [6.07, 6.45) is 6.80. The maximum atomic E-state index is 12.8. The zero-order valence-electron chi connectivity index (χ0n) is 21.5. The Labute approximate surface area is 216 Å². The van der Waals surface area contributed by atoms with Crippen LogP contribution in [0.1, 0.15) is 74.3 Å². The summed E-state index contributed by atoms with van der Waals surface area (Å²) in [5.41, 5.74) is 2.19. The Morgan fingerprint density at radius 2 is 2.11 bits per heavy atom. The number of hydrogen-bond donors (Lipinski definition) is 2. The van der Waals surface area contributed by atoms with Crippen LogP contribution in [0.15, 0.2) is 24.4 Å². The Morgan fingerprint density at radius 3 is 2.81 bits per heavy atom. The summed E-state index contributed by atoms with van der Waals surface area (Å²) in [5, 5.41) is 15.3. The molecule has 0 spiro atoms. The highest BCUT2D eigenvalue weighted by molar-refractivity contribution is 7.15. The number of aliphatic hydroxyl groups is 1. The average Bonchev–Trinajstić information content (AvgIpc) is 3.33. The fourth-order valence-corrected chi connectivity index (χ4v) is 8.25. The van der Waals surface area contributed by atoms with Crippen molar-refractivity contribution in [3.05, 3.63) is 40.4 Å². The van der Waals surface area contributed by atoms with E-state index in [0.717, 1.165) is 36.3 Å². The van der Waals surface area contributed by atoms with Gasteiger partial charge in [0, 0.05) is 36.3 Å². The number of hydrogen-bond acceptors (Lipinski definition) is 7. The quantitative estimate of drug-likeness (QED) is 0.407. The molecule has 5 rings (SSSR count).